The number of Topliss-reactive ketones (excluding diaryl/α,β-unsaturated/α-hetero) is 3. The summed E-state index contributed by atoms with van der Waals surface area (Å²) in [6, 6.07) is 6.17. The van der Waals surface area contributed by atoms with Crippen LogP contribution in [0, 0.1) is 5.92 Å². The van der Waals surface area contributed by atoms with Crippen LogP contribution < -0.4 is 15.0 Å². The Balaban J connectivity index is 2.20. The average molecular weight is 471 g/mol. The van der Waals surface area contributed by atoms with E-state index in [0.717, 1.165) is 4.68 Å². The van der Waals surface area contributed by atoms with Crippen molar-refractivity contribution in [2.75, 3.05) is 14.2 Å². The van der Waals surface area contributed by atoms with Crippen LogP contribution in [0.1, 0.15) is 57.1 Å². The number of hydrogen-bond donors (Lipinski definition) is 0. The lowest BCUT2D eigenvalue weighted by atomic mass is 9.75. The Kier molecular flexibility index (Phi) is 6.80. The predicted molar refractivity (Wildman–Crippen MR) is 124 cm³/mol. The molecule has 0 spiro atoms. The summed E-state index contributed by atoms with van der Waals surface area (Å²) >= 11 is 0. The number of nitrogens with zero attached hydrogens (tertiary/aromatic N) is 2. The highest BCUT2D eigenvalue weighted by Gasteiger charge is 2.55. The number of ketones is 3. The summed E-state index contributed by atoms with van der Waals surface area (Å²) in [6.07, 6.45) is 1.19. The van der Waals surface area contributed by atoms with Gasteiger partial charge in [-0.3, -0.25) is 19.2 Å². The van der Waals surface area contributed by atoms with E-state index in [1.54, 1.807) is 18.2 Å². The van der Waals surface area contributed by atoms with E-state index >= 15 is 0 Å². The first-order valence-electron chi connectivity index (χ1n) is 11.1. The van der Waals surface area contributed by atoms with Crippen LogP contribution in [0.2, 0.25) is 0 Å². The molecule has 0 unspecified atom stereocenters. The van der Waals surface area contributed by atoms with Gasteiger partial charge in [-0.25, -0.2) is 0 Å². The van der Waals surface area contributed by atoms with E-state index in [9.17, 15) is 19.2 Å². The molecule has 1 fully saturated rings. The summed E-state index contributed by atoms with van der Waals surface area (Å²) in [5.41, 5.74) is -2.91. The van der Waals surface area contributed by atoms with E-state index < -0.39 is 40.0 Å². The van der Waals surface area contributed by atoms with Gasteiger partial charge in [0.15, 0.2) is 28.8 Å². The number of aromatic nitrogens is 2. The molecule has 3 rings (SSSR count). The summed E-state index contributed by atoms with van der Waals surface area (Å²) in [4.78, 5) is 53.2. The van der Waals surface area contributed by atoms with Gasteiger partial charge < -0.3 is 14.2 Å². The number of rotatable bonds is 7. The molecule has 0 amide bonds. The van der Waals surface area contributed by atoms with E-state index in [1.807, 2.05) is 6.92 Å². The molecule has 1 saturated heterocycles. The minimum Gasteiger partial charge on any atom is -0.493 e. The van der Waals surface area contributed by atoms with E-state index in [-0.39, 0.29) is 5.56 Å². The Hall–Kier alpha value is -3.33. The lowest BCUT2D eigenvalue weighted by Gasteiger charge is -2.41. The van der Waals surface area contributed by atoms with Crippen molar-refractivity contribution < 1.29 is 28.6 Å². The fourth-order valence-electron chi connectivity index (χ4n) is 4.18. The van der Waals surface area contributed by atoms with Gasteiger partial charge in [-0.15, -0.1) is 0 Å². The molecule has 1 aliphatic rings. The number of aryl methyl sites for hydroxylation is 1. The number of benzene rings is 1. The molecule has 1 aromatic carbocycles. The van der Waals surface area contributed by atoms with Gasteiger partial charge in [0, 0.05) is 6.07 Å². The summed E-state index contributed by atoms with van der Waals surface area (Å²) < 4.78 is 17.3. The maximum Gasteiger partial charge on any atom is 0.282 e. The van der Waals surface area contributed by atoms with Crippen molar-refractivity contribution in [2.45, 2.75) is 58.7 Å². The van der Waals surface area contributed by atoms with E-state index in [4.69, 9.17) is 14.2 Å². The number of hydrogen-bond acceptors (Lipinski definition) is 8. The fourth-order valence-corrected chi connectivity index (χ4v) is 4.18. The SMILES string of the molecule is CCCc1cc(C(=O)C2C(=O)C(C)(C)OC(C)(C)C2=O)c(=O)n(-c2ccc(OC)c(OC)c2)n1. The Morgan fingerprint density at radius 1 is 1.00 bits per heavy atom. The van der Waals surface area contributed by atoms with Crippen LogP contribution in [-0.2, 0) is 20.7 Å². The molecule has 2 heterocycles. The van der Waals surface area contributed by atoms with Crippen molar-refractivity contribution in [3.8, 4) is 17.2 Å². The molecular formula is C25H30N2O7. The maximum absolute atomic E-state index is 13.6. The number of methoxy groups -OCH3 is 2. The van der Waals surface area contributed by atoms with Gasteiger partial charge in [-0.2, -0.15) is 9.78 Å². The van der Waals surface area contributed by atoms with Crippen LogP contribution in [0.4, 0.5) is 0 Å². The van der Waals surface area contributed by atoms with Crippen molar-refractivity contribution in [3.05, 3.63) is 45.9 Å². The number of ether oxygens (including phenoxy) is 3. The van der Waals surface area contributed by atoms with Gasteiger partial charge in [0.1, 0.15) is 17.1 Å². The maximum atomic E-state index is 13.6. The summed E-state index contributed by atoms with van der Waals surface area (Å²) in [7, 11) is 2.96. The van der Waals surface area contributed by atoms with Gasteiger partial charge in [0.25, 0.3) is 5.56 Å². The van der Waals surface area contributed by atoms with Crippen molar-refractivity contribution in [3.63, 3.8) is 0 Å². The summed E-state index contributed by atoms with van der Waals surface area (Å²) in [6.45, 7) is 7.99. The second-order valence-electron chi connectivity index (χ2n) is 9.20. The van der Waals surface area contributed by atoms with Crippen molar-refractivity contribution >= 4 is 17.3 Å². The largest absolute Gasteiger partial charge is 0.493 e. The highest BCUT2D eigenvalue weighted by molar-refractivity contribution is 6.28. The molecular weight excluding hydrogens is 440 g/mol. The molecule has 0 aliphatic carbocycles. The van der Waals surface area contributed by atoms with E-state index in [2.05, 4.69) is 5.10 Å². The summed E-state index contributed by atoms with van der Waals surface area (Å²) in [5.74, 6) is -3.00. The molecule has 1 aromatic heterocycles. The first-order valence-corrected chi connectivity index (χ1v) is 11.1. The van der Waals surface area contributed by atoms with Gasteiger partial charge in [-0.05, 0) is 52.3 Å². The number of carbonyl (C=O) groups excluding carboxylic acids is 3. The van der Waals surface area contributed by atoms with Crippen LogP contribution in [0.15, 0.2) is 29.1 Å². The Labute approximate surface area is 198 Å². The average Bonchev–Trinajstić information content (AvgIpc) is 2.78. The lowest BCUT2D eigenvalue weighted by molar-refractivity contribution is -0.186. The van der Waals surface area contributed by atoms with Gasteiger partial charge in [0.2, 0.25) is 0 Å². The Morgan fingerprint density at radius 3 is 2.12 bits per heavy atom. The molecule has 0 radical (unpaired) electrons. The molecule has 0 bridgehead atoms. The summed E-state index contributed by atoms with van der Waals surface area (Å²) in [5, 5.41) is 4.41. The van der Waals surface area contributed by atoms with Gasteiger partial charge in [-0.1, -0.05) is 13.3 Å². The zero-order valence-corrected chi connectivity index (χ0v) is 20.6. The Morgan fingerprint density at radius 2 is 1.59 bits per heavy atom. The third kappa shape index (κ3) is 4.40. The predicted octanol–water partition coefficient (Wildman–Crippen LogP) is 2.73. The molecule has 2 aromatic rings. The fraction of sp³-hybridized carbons (Fsp3) is 0.480. The van der Waals surface area contributed by atoms with Crippen LogP contribution in [-0.4, -0.2) is 52.6 Å². The van der Waals surface area contributed by atoms with Gasteiger partial charge >= 0.3 is 0 Å². The van der Waals surface area contributed by atoms with E-state index in [0.29, 0.717) is 35.7 Å². The third-order valence-corrected chi connectivity index (χ3v) is 5.83. The highest BCUT2D eigenvalue weighted by Crippen LogP contribution is 2.35. The standard InChI is InChI=1S/C25H30N2O7/c1-8-9-14-12-16(20(28)19-21(29)24(2,3)34-25(4,5)22(19)30)23(31)27(26-14)15-10-11-17(32-6)18(13-15)33-7/h10-13,19H,8-9H2,1-7H3. The monoisotopic (exact) mass is 470 g/mol. The number of carbonyl (C=O) groups is 3. The van der Waals surface area contributed by atoms with Crippen LogP contribution in [0.25, 0.3) is 5.69 Å². The zero-order chi connectivity index (χ0) is 25.4. The minimum absolute atomic E-state index is 0.270. The van der Waals surface area contributed by atoms with E-state index in [1.165, 1.54) is 48.0 Å². The normalized spacial score (nSPS) is 17.5. The quantitative estimate of drug-likeness (QED) is 0.448. The molecule has 9 nitrogen and oxygen atoms in total. The van der Waals surface area contributed by atoms with Crippen LogP contribution in [0.3, 0.4) is 0 Å². The zero-order valence-electron chi connectivity index (χ0n) is 20.6. The molecule has 1 aliphatic heterocycles. The highest BCUT2D eigenvalue weighted by atomic mass is 16.5. The smallest absolute Gasteiger partial charge is 0.282 e. The van der Waals surface area contributed by atoms with Crippen LogP contribution in [0.5, 0.6) is 11.5 Å². The molecule has 0 N–H and O–H groups in total. The molecule has 9 heteroatoms. The minimum atomic E-state index is -1.64. The van der Waals surface area contributed by atoms with Crippen molar-refractivity contribution in [2.24, 2.45) is 5.92 Å². The molecule has 0 atom stereocenters. The topological polar surface area (TPSA) is 114 Å². The second kappa shape index (κ2) is 9.13. The molecule has 182 valence electrons. The Bertz CT molecular complexity index is 1180. The molecule has 0 saturated carbocycles. The molecule has 34 heavy (non-hydrogen) atoms. The first kappa shape index (κ1) is 25.3. The van der Waals surface area contributed by atoms with Crippen molar-refractivity contribution in [1.82, 2.24) is 9.78 Å². The van der Waals surface area contributed by atoms with Crippen LogP contribution >= 0.6 is 0 Å². The first-order chi connectivity index (χ1) is 15.9. The second-order valence-corrected chi connectivity index (χ2v) is 9.20. The third-order valence-electron chi connectivity index (χ3n) is 5.83. The van der Waals surface area contributed by atoms with Crippen molar-refractivity contribution in [1.29, 1.82) is 0 Å². The lowest BCUT2D eigenvalue weighted by Crippen LogP contribution is -2.61. The van der Waals surface area contributed by atoms with Gasteiger partial charge in [0.05, 0.1) is 31.2 Å².